The van der Waals surface area contributed by atoms with Crippen LogP contribution < -0.4 is 0 Å². The maximum absolute atomic E-state index is 8.87. The first kappa shape index (κ1) is 13.2. The molecule has 0 aliphatic rings. The van der Waals surface area contributed by atoms with Crippen molar-refractivity contribution >= 4 is 0 Å². The Morgan fingerprint density at radius 3 is 1.80 bits per heavy atom. The highest BCUT2D eigenvalue weighted by molar-refractivity contribution is 5.32. The molecule has 0 fully saturated rings. The molecule has 0 saturated carbocycles. The molecule has 0 aromatic heterocycles. The van der Waals surface area contributed by atoms with E-state index in [0.29, 0.717) is 0 Å². The predicted molar refractivity (Wildman–Crippen MR) is 61.1 cm³/mol. The average Bonchev–Trinajstić information content (AvgIpc) is 2.20. The second-order valence-corrected chi connectivity index (χ2v) is 3.83. The van der Waals surface area contributed by atoms with Gasteiger partial charge in [-0.3, -0.25) is 0 Å². The largest absolute Gasteiger partial charge is 0.199 e. The van der Waals surface area contributed by atoms with Gasteiger partial charge >= 0.3 is 0 Å². The normalized spacial score (nSPS) is 9.20. The van der Waals surface area contributed by atoms with E-state index in [2.05, 4.69) is 6.07 Å². The van der Waals surface area contributed by atoms with Gasteiger partial charge in [0.05, 0.1) is 17.6 Å². The molecule has 0 aliphatic heterocycles. The maximum atomic E-state index is 8.87. The molecular formula is C13H16N2. The van der Waals surface area contributed by atoms with Crippen LogP contribution in [0.5, 0.6) is 0 Å². The van der Waals surface area contributed by atoms with Crippen molar-refractivity contribution in [2.75, 3.05) is 0 Å². The lowest BCUT2D eigenvalue weighted by Crippen LogP contribution is -2.13. The number of benzene rings is 1. The van der Waals surface area contributed by atoms with Gasteiger partial charge in [0, 0.05) is 6.92 Å². The second-order valence-electron chi connectivity index (χ2n) is 3.83. The molecule has 1 rings (SSSR count). The predicted octanol–water partition coefficient (Wildman–Crippen LogP) is 3.33. The number of hydrogen-bond acceptors (Lipinski definition) is 2. The number of rotatable bonds is 1. The Hall–Kier alpha value is -1.80. The van der Waals surface area contributed by atoms with E-state index in [0.717, 1.165) is 5.56 Å². The van der Waals surface area contributed by atoms with E-state index in [1.807, 2.05) is 45.0 Å². The van der Waals surface area contributed by atoms with E-state index in [1.54, 1.807) is 6.07 Å². The highest BCUT2D eigenvalue weighted by Gasteiger charge is 2.18. The van der Waals surface area contributed by atoms with Gasteiger partial charge in [0.25, 0.3) is 0 Å². The van der Waals surface area contributed by atoms with Gasteiger partial charge in [0.2, 0.25) is 0 Å². The summed E-state index contributed by atoms with van der Waals surface area (Å²) in [5, 5.41) is 16.2. The van der Waals surface area contributed by atoms with Gasteiger partial charge in [-0.25, -0.2) is 0 Å². The summed E-state index contributed by atoms with van der Waals surface area (Å²) in [5.41, 5.74) is 1.94. The Kier molecular flexibility index (Phi) is 5.13. The highest BCUT2D eigenvalue weighted by atomic mass is 14.3. The molecule has 0 atom stereocenters. The van der Waals surface area contributed by atoms with E-state index in [1.165, 1.54) is 12.5 Å². The van der Waals surface area contributed by atoms with Gasteiger partial charge in [-0.05, 0) is 26.3 Å². The van der Waals surface area contributed by atoms with E-state index in [4.69, 9.17) is 10.5 Å². The molecule has 0 unspecified atom stereocenters. The molecule has 0 bridgehead atoms. The molecule has 0 amide bonds. The van der Waals surface area contributed by atoms with Gasteiger partial charge in [-0.1, -0.05) is 29.8 Å². The Bertz CT molecular complexity index is 374. The SMILES string of the molecule is CC#N.Cc1ccc(C(C)(C)C#N)cc1. The lowest BCUT2D eigenvalue weighted by Gasteiger charge is -2.15. The van der Waals surface area contributed by atoms with Gasteiger partial charge in [0.1, 0.15) is 0 Å². The van der Waals surface area contributed by atoms with Crippen LogP contribution in [0.1, 0.15) is 31.9 Å². The van der Waals surface area contributed by atoms with Gasteiger partial charge in [0.15, 0.2) is 0 Å². The van der Waals surface area contributed by atoms with E-state index < -0.39 is 0 Å². The first-order valence-electron chi connectivity index (χ1n) is 4.77. The third-order valence-corrected chi connectivity index (χ3v) is 2.05. The zero-order valence-corrected chi connectivity index (χ0v) is 9.70. The molecular weight excluding hydrogens is 184 g/mol. The summed E-state index contributed by atoms with van der Waals surface area (Å²) in [5.74, 6) is 0. The summed E-state index contributed by atoms with van der Waals surface area (Å²) in [6, 6.07) is 12.1. The van der Waals surface area contributed by atoms with Crippen molar-refractivity contribution in [3.8, 4) is 12.1 Å². The second kappa shape index (κ2) is 5.83. The molecule has 1 aromatic rings. The fourth-order valence-corrected chi connectivity index (χ4v) is 1.03. The maximum Gasteiger partial charge on any atom is 0.0766 e. The first-order chi connectivity index (χ1) is 6.97. The molecule has 2 heteroatoms. The fourth-order valence-electron chi connectivity index (χ4n) is 1.03. The van der Waals surface area contributed by atoms with Crippen molar-refractivity contribution in [1.82, 2.24) is 0 Å². The van der Waals surface area contributed by atoms with Crippen LogP contribution in [-0.4, -0.2) is 0 Å². The fraction of sp³-hybridized carbons (Fsp3) is 0.385. The minimum atomic E-state index is -0.367. The van der Waals surface area contributed by atoms with Gasteiger partial charge in [-0.2, -0.15) is 10.5 Å². The molecule has 0 aliphatic carbocycles. The van der Waals surface area contributed by atoms with Crippen LogP contribution in [0.2, 0.25) is 0 Å². The molecule has 1 aromatic carbocycles. The van der Waals surface area contributed by atoms with Crippen molar-refractivity contribution in [3.63, 3.8) is 0 Å². The molecule has 2 nitrogen and oxygen atoms in total. The van der Waals surface area contributed by atoms with Gasteiger partial charge < -0.3 is 0 Å². The van der Waals surface area contributed by atoms with Crippen molar-refractivity contribution in [2.24, 2.45) is 0 Å². The molecule has 15 heavy (non-hydrogen) atoms. The van der Waals surface area contributed by atoms with Crippen molar-refractivity contribution in [1.29, 1.82) is 10.5 Å². The van der Waals surface area contributed by atoms with Crippen LogP contribution in [0, 0.1) is 29.6 Å². The third kappa shape index (κ3) is 4.29. The van der Waals surface area contributed by atoms with Crippen LogP contribution in [0.3, 0.4) is 0 Å². The summed E-state index contributed by atoms with van der Waals surface area (Å²) < 4.78 is 0. The van der Waals surface area contributed by atoms with Crippen molar-refractivity contribution < 1.29 is 0 Å². The lowest BCUT2D eigenvalue weighted by atomic mass is 9.86. The highest BCUT2D eigenvalue weighted by Crippen LogP contribution is 2.21. The number of nitrogens with zero attached hydrogens (tertiary/aromatic N) is 2. The molecule has 0 saturated heterocycles. The Labute approximate surface area is 91.8 Å². The number of nitriles is 2. The zero-order valence-electron chi connectivity index (χ0n) is 9.70. The standard InChI is InChI=1S/C11H13N.C2H3N/c1-9-4-6-10(7-5-9)11(2,3)8-12;1-2-3/h4-7H,1-3H3;1H3. The van der Waals surface area contributed by atoms with Crippen LogP contribution in [0.15, 0.2) is 24.3 Å². The zero-order chi connectivity index (χ0) is 11.9. The van der Waals surface area contributed by atoms with E-state index in [9.17, 15) is 0 Å². The summed E-state index contributed by atoms with van der Waals surface area (Å²) in [6.07, 6.45) is 0. The van der Waals surface area contributed by atoms with Crippen LogP contribution >= 0.6 is 0 Å². The number of hydrogen-bond donors (Lipinski definition) is 0. The topological polar surface area (TPSA) is 47.6 Å². The number of aryl methyl sites for hydroxylation is 1. The minimum absolute atomic E-state index is 0.367. The Morgan fingerprint density at radius 2 is 1.47 bits per heavy atom. The monoisotopic (exact) mass is 200 g/mol. The first-order valence-corrected chi connectivity index (χ1v) is 4.77. The van der Waals surface area contributed by atoms with Crippen LogP contribution in [0.4, 0.5) is 0 Å². The van der Waals surface area contributed by atoms with Crippen molar-refractivity contribution in [3.05, 3.63) is 35.4 Å². The van der Waals surface area contributed by atoms with E-state index in [-0.39, 0.29) is 5.41 Å². The summed E-state index contributed by atoms with van der Waals surface area (Å²) >= 11 is 0. The minimum Gasteiger partial charge on any atom is -0.199 e. The third-order valence-electron chi connectivity index (χ3n) is 2.05. The molecule has 0 spiro atoms. The van der Waals surface area contributed by atoms with Crippen LogP contribution in [0.25, 0.3) is 0 Å². The van der Waals surface area contributed by atoms with Gasteiger partial charge in [-0.15, -0.1) is 0 Å². The molecule has 0 heterocycles. The van der Waals surface area contributed by atoms with E-state index >= 15 is 0 Å². The molecule has 78 valence electrons. The summed E-state index contributed by atoms with van der Waals surface area (Å²) in [7, 11) is 0. The smallest absolute Gasteiger partial charge is 0.0766 e. The lowest BCUT2D eigenvalue weighted by molar-refractivity contribution is 0.686. The Morgan fingerprint density at radius 1 is 1.07 bits per heavy atom. The molecule has 0 N–H and O–H groups in total. The quantitative estimate of drug-likeness (QED) is 0.698. The average molecular weight is 200 g/mol. The van der Waals surface area contributed by atoms with Crippen LogP contribution in [-0.2, 0) is 5.41 Å². The Balaban J connectivity index is 0.000000583. The summed E-state index contributed by atoms with van der Waals surface area (Å²) in [4.78, 5) is 0. The summed E-state index contributed by atoms with van der Waals surface area (Å²) in [6.45, 7) is 7.33. The van der Waals surface area contributed by atoms with Crippen molar-refractivity contribution in [2.45, 2.75) is 33.1 Å². The molecule has 0 radical (unpaired) electrons.